The van der Waals surface area contributed by atoms with Crippen LogP contribution in [0.1, 0.15) is 12.5 Å². The van der Waals surface area contributed by atoms with Crippen LogP contribution in [0.4, 0.5) is 0 Å². The third-order valence-corrected chi connectivity index (χ3v) is 2.29. The molecule has 0 spiro atoms. The number of hydrogen-bond donors (Lipinski definition) is 0. The van der Waals surface area contributed by atoms with E-state index in [1.807, 2.05) is 24.3 Å². The lowest BCUT2D eigenvalue weighted by Gasteiger charge is -1.99. The molecule has 0 aliphatic carbocycles. The highest BCUT2D eigenvalue weighted by Gasteiger charge is 2.17. The highest BCUT2D eigenvalue weighted by atomic mass is 16.5. The van der Waals surface area contributed by atoms with Crippen molar-refractivity contribution in [2.45, 2.75) is 6.92 Å². The lowest BCUT2D eigenvalue weighted by Crippen LogP contribution is -1.96. The molecule has 0 amide bonds. The summed E-state index contributed by atoms with van der Waals surface area (Å²) < 4.78 is 9.97. The van der Waals surface area contributed by atoms with Crippen molar-refractivity contribution in [3.05, 3.63) is 47.2 Å². The SMILES string of the molecule is COc1ccc(/C=C2\C=C(C)OC2=O)cc1. The van der Waals surface area contributed by atoms with Gasteiger partial charge in [0.1, 0.15) is 11.5 Å². The monoisotopic (exact) mass is 216 g/mol. The molecule has 2 rings (SSSR count). The van der Waals surface area contributed by atoms with E-state index in [-0.39, 0.29) is 5.97 Å². The number of benzene rings is 1. The number of esters is 1. The molecule has 16 heavy (non-hydrogen) atoms. The van der Waals surface area contributed by atoms with Crippen LogP contribution in [0.3, 0.4) is 0 Å². The molecule has 0 N–H and O–H groups in total. The van der Waals surface area contributed by atoms with Crippen molar-refractivity contribution in [3.8, 4) is 5.75 Å². The Bertz CT molecular complexity index is 466. The number of carbonyl (C=O) groups excluding carboxylic acids is 1. The quantitative estimate of drug-likeness (QED) is 0.563. The number of rotatable bonds is 2. The van der Waals surface area contributed by atoms with E-state index in [1.54, 1.807) is 26.2 Å². The van der Waals surface area contributed by atoms with Gasteiger partial charge in [0.15, 0.2) is 0 Å². The molecule has 0 bridgehead atoms. The molecule has 1 aromatic rings. The lowest BCUT2D eigenvalue weighted by molar-refractivity contribution is -0.133. The minimum atomic E-state index is -0.298. The second-order valence-corrected chi connectivity index (χ2v) is 3.52. The summed E-state index contributed by atoms with van der Waals surface area (Å²) in [6.07, 6.45) is 3.52. The van der Waals surface area contributed by atoms with Crippen LogP contribution in [0.2, 0.25) is 0 Å². The normalized spacial score (nSPS) is 17.2. The highest BCUT2D eigenvalue weighted by molar-refractivity contribution is 5.99. The lowest BCUT2D eigenvalue weighted by atomic mass is 10.1. The fraction of sp³-hybridized carbons (Fsp3) is 0.154. The van der Waals surface area contributed by atoms with Gasteiger partial charge in [-0.05, 0) is 36.8 Å². The van der Waals surface area contributed by atoms with Crippen molar-refractivity contribution >= 4 is 12.0 Å². The second kappa shape index (κ2) is 4.23. The molecular weight excluding hydrogens is 204 g/mol. The van der Waals surface area contributed by atoms with Crippen molar-refractivity contribution < 1.29 is 14.3 Å². The molecule has 0 aromatic heterocycles. The third-order valence-electron chi connectivity index (χ3n) is 2.29. The van der Waals surface area contributed by atoms with Crippen molar-refractivity contribution in [2.75, 3.05) is 7.11 Å². The molecule has 3 nitrogen and oxygen atoms in total. The zero-order chi connectivity index (χ0) is 11.5. The maximum Gasteiger partial charge on any atom is 0.343 e. The molecule has 0 atom stereocenters. The van der Waals surface area contributed by atoms with Gasteiger partial charge in [0.25, 0.3) is 0 Å². The summed E-state index contributed by atoms with van der Waals surface area (Å²) in [5.41, 5.74) is 1.52. The zero-order valence-electron chi connectivity index (χ0n) is 9.19. The first-order chi connectivity index (χ1) is 7.69. The number of allylic oxidation sites excluding steroid dienone is 1. The van der Waals surface area contributed by atoms with Crippen LogP contribution in [-0.4, -0.2) is 13.1 Å². The van der Waals surface area contributed by atoms with Gasteiger partial charge in [0.05, 0.1) is 12.7 Å². The fourth-order valence-corrected chi connectivity index (χ4v) is 1.49. The van der Waals surface area contributed by atoms with Gasteiger partial charge in [-0.3, -0.25) is 0 Å². The molecule has 0 fully saturated rings. The summed E-state index contributed by atoms with van der Waals surface area (Å²) in [6, 6.07) is 7.48. The topological polar surface area (TPSA) is 35.5 Å². The number of methoxy groups -OCH3 is 1. The van der Waals surface area contributed by atoms with Crippen molar-refractivity contribution in [1.82, 2.24) is 0 Å². The molecule has 0 unspecified atom stereocenters. The molecule has 0 saturated heterocycles. The Morgan fingerprint density at radius 2 is 1.94 bits per heavy atom. The van der Waals surface area contributed by atoms with E-state index >= 15 is 0 Å². The van der Waals surface area contributed by atoms with E-state index in [1.165, 1.54) is 0 Å². The standard InChI is InChI=1S/C13H12O3/c1-9-7-11(13(14)16-9)8-10-3-5-12(15-2)6-4-10/h3-8H,1-2H3/b11-8+. The Morgan fingerprint density at radius 1 is 1.25 bits per heavy atom. The van der Waals surface area contributed by atoms with Gasteiger partial charge in [0.2, 0.25) is 0 Å². The van der Waals surface area contributed by atoms with Crippen LogP contribution in [0.15, 0.2) is 41.7 Å². The number of hydrogen-bond acceptors (Lipinski definition) is 3. The van der Waals surface area contributed by atoms with Crippen molar-refractivity contribution in [3.63, 3.8) is 0 Å². The average molecular weight is 216 g/mol. The largest absolute Gasteiger partial charge is 0.497 e. The summed E-state index contributed by atoms with van der Waals surface area (Å²) in [5, 5.41) is 0. The molecule has 1 aliphatic heterocycles. The zero-order valence-corrected chi connectivity index (χ0v) is 9.19. The number of cyclic esters (lactones) is 1. The molecular formula is C13H12O3. The molecule has 0 radical (unpaired) electrons. The van der Waals surface area contributed by atoms with E-state index in [9.17, 15) is 4.79 Å². The van der Waals surface area contributed by atoms with Crippen LogP contribution in [0.25, 0.3) is 6.08 Å². The Balaban J connectivity index is 2.26. The molecule has 1 heterocycles. The summed E-state index contributed by atoms with van der Waals surface area (Å²) >= 11 is 0. The van der Waals surface area contributed by atoms with Crippen LogP contribution in [-0.2, 0) is 9.53 Å². The molecule has 0 saturated carbocycles. The maximum atomic E-state index is 11.3. The van der Waals surface area contributed by atoms with Gasteiger partial charge < -0.3 is 9.47 Å². The van der Waals surface area contributed by atoms with E-state index in [2.05, 4.69) is 0 Å². The summed E-state index contributed by atoms with van der Waals surface area (Å²) in [5.74, 6) is 1.13. The second-order valence-electron chi connectivity index (χ2n) is 3.52. The van der Waals surface area contributed by atoms with Crippen molar-refractivity contribution in [1.29, 1.82) is 0 Å². The Labute approximate surface area is 94.0 Å². The van der Waals surface area contributed by atoms with Crippen molar-refractivity contribution in [2.24, 2.45) is 0 Å². The van der Waals surface area contributed by atoms with Crippen LogP contribution < -0.4 is 4.74 Å². The maximum absolute atomic E-state index is 11.3. The molecule has 82 valence electrons. The summed E-state index contributed by atoms with van der Waals surface area (Å²) in [6.45, 7) is 1.76. The van der Waals surface area contributed by atoms with Gasteiger partial charge >= 0.3 is 5.97 Å². The smallest absolute Gasteiger partial charge is 0.343 e. The first-order valence-electron chi connectivity index (χ1n) is 4.95. The predicted molar refractivity (Wildman–Crippen MR) is 60.8 cm³/mol. The number of ether oxygens (including phenoxy) is 2. The summed E-state index contributed by atoms with van der Waals surface area (Å²) in [4.78, 5) is 11.3. The Kier molecular flexibility index (Phi) is 2.77. The Morgan fingerprint density at radius 3 is 2.44 bits per heavy atom. The van der Waals surface area contributed by atoms with Gasteiger partial charge in [-0.15, -0.1) is 0 Å². The summed E-state index contributed by atoms with van der Waals surface area (Å²) in [7, 11) is 1.62. The number of carbonyl (C=O) groups is 1. The molecule has 1 aromatic carbocycles. The minimum Gasteiger partial charge on any atom is -0.497 e. The highest BCUT2D eigenvalue weighted by Crippen LogP contribution is 2.20. The third kappa shape index (κ3) is 2.14. The first kappa shape index (κ1) is 10.5. The van der Waals surface area contributed by atoms with Crippen LogP contribution in [0, 0.1) is 0 Å². The predicted octanol–water partition coefficient (Wildman–Crippen LogP) is 2.54. The van der Waals surface area contributed by atoms with Gasteiger partial charge in [0, 0.05) is 0 Å². The van der Waals surface area contributed by atoms with Gasteiger partial charge in [-0.25, -0.2) is 4.79 Å². The van der Waals surface area contributed by atoms with Gasteiger partial charge in [-0.1, -0.05) is 12.1 Å². The van der Waals surface area contributed by atoms with E-state index < -0.39 is 0 Å². The van der Waals surface area contributed by atoms with E-state index in [0.717, 1.165) is 11.3 Å². The minimum absolute atomic E-state index is 0.298. The first-order valence-corrected chi connectivity index (χ1v) is 4.95. The van der Waals surface area contributed by atoms with E-state index in [0.29, 0.717) is 11.3 Å². The average Bonchev–Trinajstić information content (AvgIpc) is 2.59. The molecule has 1 aliphatic rings. The van der Waals surface area contributed by atoms with Gasteiger partial charge in [-0.2, -0.15) is 0 Å². The Hall–Kier alpha value is -2.03. The molecule has 3 heteroatoms. The van der Waals surface area contributed by atoms with Crippen LogP contribution >= 0.6 is 0 Å². The van der Waals surface area contributed by atoms with Crippen LogP contribution in [0.5, 0.6) is 5.75 Å². The van der Waals surface area contributed by atoms with E-state index in [4.69, 9.17) is 9.47 Å². The fourth-order valence-electron chi connectivity index (χ4n) is 1.49.